The largest absolute Gasteiger partial charge is 0.299 e. The maximum Gasteiger partial charge on any atom is 0.238 e. The molecular weight excluding hydrogens is 234 g/mol. The first kappa shape index (κ1) is 15.6. The molecule has 0 aromatic heterocycles. The first-order chi connectivity index (χ1) is 8.54. The monoisotopic (exact) mass is 260 g/mol. The molecule has 0 amide bonds. The van der Waals surface area contributed by atoms with E-state index in [1.54, 1.807) is 0 Å². The summed E-state index contributed by atoms with van der Waals surface area (Å²) in [6.45, 7) is 4.03. The standard InChI is InChI=1S/C15H26F2O/c1-3-4-5-6-14(18)13-8-7-12(10-13)11(2)9-15(16)17/h11-13,15H,3-10H2,1-2H3/t11-,12-,13+/m0/s1. The number of alkyl halides is 2. The summed E-state index contributed by atoms with van der Waals surface area (Å²) in [5, 5.41) is 0. The zero-order valence-electron chi connectivity index (χ0n) is 11.6. The summed E-state index contributed by atoms with van der Waals surface area (Å²) >= 11 is 0. The van der Waals surface area contributed by atoms with Gasteiger partial charge in [0.1, 0.15) is 5.78 Å². The Hall–Kier alpha value is -0.470. The summed E-state index contributed by atoms with van der Waals surface area (Å²) in [7, 11) is 0. The van der Waals surface area contributed by atoms with Gasteiger partial charge in [-0.15, -0.1) is 0 Å². The first-order valence-corrected chi connectivity index (χ1v) is 7.35. The van der Waals surface area contributed by atoms with Crippen LogP contribution in [0.4, 0.5) is 8.78 Å². The quantitative estimate of drug-likeness (QED) is 0.570. The lowest BCUT2D eigenvalue weighted by Gasteiger charge is -2.18. The van der Waals surface area contributed by atoms with Crippen LogP contribution in [-0.4, -0.2) is 12.2 Å². The molecule has 0 bridgehead atoms. The number of rotatable bonds is 8. The van der Waals surface area contributed by atoms with E-state index in [1.807, 2.05) is 6.92 Å². The zero-order chi connectivity index (χ0) is 13.5. The Morgan fingerprint density at radius 2 is 2.00 bits per heavy atom. The maximum absolute atomic E-state index is 12.3. The van der Waals surface area contributed by atoms with Crippen LogP contribution in [0.25, 0.3) is 0 Å². The molecule has 3 atom stereocenters. The van der Waals surface area contributed by atoms with E-state index in [0.29, 0.717) is 18.1 Å². The number of hydrogen-bond acceptors (Lipinski definition) is 1. The van der Waals surface area contributed by atoms with Crippen LogP contribution in [0.1, 0.15) is 65.2 Å². The molecule has 0 N–H and O–H groups in total. The van der Waals surface area contributed by atoms with Crippen LogP contribution in [0.5, 0.6) is 0 Å². The lowest BCUT2D eigenvalue weighted by molar-refractivity contribution is -0.122. The molecule has 1 aliphatic carbocycles. The average molecular weight is 260 g/mol. The Morgan fingerprint density at radius 3 is 2.61 bits per heavy atom. The van der Waals surface area contributed by atoms with Crippen molar-refractivity contribution in [2.24, 2.45) is 17.8 Å². The molecule has 3 heteroatoms. The van der Waals surface area contributed by atoms with Gasteiger partial charge in [-0.3, -0.25) is 4.79 Å². The predicted molar refractivity (Wildman–Crippen MR) is 69.8 cm³/mol. The third kappa shape index (κ3) is 5.03. The molecule has 0 unspecified atom stereocenters. The number of carbonyl (C=O) groups excluding carboxylic acids is 1. The van der Waals surface area contributed by atoms with Crippen LogP contribution in [0.15, 0.2) is 0 Å². The van der Waals surface area contributed by atoms with Crippen molar-refractivity contribution < 1.29 is 13.6 Å². The highest BCUT2D eigenvalue weighted by atomic mass is 19.3. The summed E-state index contributed by atoms with van der Waals surface area (Å²) < 4.78 is 24.7. The fourth-order valence-corrected chi connectivity index (χ4v) is 3.05. The van der Waals surface area contributed by atoms with Crippen LogP contribution in [0, 0.1) is 17.8 Å². The van der Waals surface area contributed by atoms with Crippen molar-refractivity contribution in [3.63, 3.8) is 0 Å². The van der Waals surface area contributed by atoms with Crippen LogP contribution in [-0.2, 0) is 4.79 Å². The molecule has 1 saturated carbocycles. The van der Waals surface area contributed by atoms with E-state index < -0.39 is 6.43 Å². The molecule has 0 aliphatic heterocycles. The van der Waals surface area contributed by atoms with E-state index in [-0.39, 0.29) is 18.3 Å². The minimum atomic E-state index is -2.21. The Morgan fingerprint density at radius 1 is 1.28 bits per heavy atom. The predicted octanol–water partition coefficient (Wildman–Crippen LogP) is 4.84. The van der Waals surface area contributed by atoms with Gasteiger partial charge in [0.05, 0.1) is 0 Å². The molecule has 1 nitrogen and oxygen atoms in total. The van der Waals surface area contributed by atoms with Gasteiger partial charge >= 0.3 is 0 Å². The molecule has 1 aliphatic rings. The molecule has 18 heavy (non-hydrogen) atoms. The van der Waals surface area contributed by atoms with E-state index >= 15 is 0 Å². The third-order valence-electron chi connectivity index (χ3n) is 4.31. The molecule has 1 fully saturated rings. The van der Waals surface area contributed by atoms with Crippen LogP contribution in [0.2, 0.25) is 0 Å². The van der Waals surface area contributed by atoms with Gasteiger partial charge in [0, 0.05) is 18.8 Å². The fourth-order valence-electron chi connectivity index (χ4n) is 3.05. The van der Waals surface area contributed by atoms with Gasteiger partial charge in [0.2, 0.25) is 6.43 Å². The summed E-state index contributed by atoms with van der Waals surface area (Å²) in [5.74, 6) is 0.916. The highest BCUT2D eigenvalue weighted by molar-refractivity contribution is 5.81. The molecule has 0 saturated heterocycles. The van der Waals surface area contributed by atoms with Crippen molar-refractivity contribution in [1.82, 2.24) is 0 Å². The van der Waals surface area contributed by atoms with Crippen molar-refractivity contribution in [2.75, 3.05) is 0 Å². The van der Waals surface area contributed by atoms with Crippen LogP contribution >= 0.6 is 0 Å². The number of halogens is 2. The Kier molecular flexibility index (Phi) is 6.80. The lowest BCUT2D eigenvalue weighted by Crippen LogP contribution is -2.15. The van der Waals surface area contributed by atoms with Crippen LogP contribution in [0.3, 0.4) is 0 Å². The van der Waals surface area contributed by atoms with Crippen molar-refractivity contribution in [1.29, 1.82) is 0 Å². The second kappa shape index (κ2) is 7.85. The highest BCUT2D eigenvalue weighted by Gasteiger charge is 2.33. The van der Waals surface area contributed by atoms with Crippen molar-refractivity contribution in [3.8, 4) is 0 Å². The van der Waals surface area contributed by atoms with Gasteiger partial charge in [-0.2, -0.15) is 0 Å². The van der Waals surface area contributed by atoms with E-state index in [1.165, 1.54) is 0 Å². The van der Waals surface area contributed by atoms with Gasteiger partial charge in [-0.25, -0.2) is 8.78 Å². The summed E-state index contributed by atoms with van der Waals surface area (Å²) in [6.07, 6.45) is 4.42. The topological polar surface area (TPSA) is 17.1 Å². The van der Waals surface area contributed by atoms with Gasteiger partial charge in [-0.1, -0.05) is 26.7 Å². The number of carbonyl (C=O) groups is 1. The van der Waals surface area contributed by atoms with E-state index in [9.17, 15) is 13.6 Å². The first-order valence-electron chi connectivity index (χ1n) is 7.35. The van der Waals surface area contributed by atoms with Gasteiger partial charge in [-0.05, 0) is 37.5 Å². The van der Waals surface area contributed by atoms with Crippen molar-refractivity contribution in [2.45, 2.75) is 71.6 Å². The summed E-state index contributed by atoms with van der Waals surface area (Å²) in [5.41, 5.74) is 0. The molecule has 0 aromatic carbocycles. The Balaban J connectivity index is 2.29. The van der Waals surface area contributed by atoms with Gasteiger partial charge < -0.3 is 0 Å². The maximum atomic E-state index is 12.3. The molecule has 1 rings (SSSR count). The third-order valence-corrected chi connectivity index (χ3v) is 4.31. The van der Waals surface area contributed by atoms with E-state index in [2.05, 4.69) is 6.92 Å². The zero-order valence-corrected chi connectivity index (χ0v) is 11.6. The Labute approximate surface area is 109 Å². The lowest BCUT2D eigenvalue weighted by atomic mass is 9.88. The molecule has 0 spiro atoms. The smallest absolute Gasteiger partial charge is 0.238 e. The highest BCUT2D eigenvalue weighted by Crippen LogP contribution is 2.38. The van der Waals surface area contributed by atoms with Crippen molar-refractivity contribution >= 4 is 5.78 Å². The number of ketones is 1. The minimum Gasteiger partial charge on any atom is -0.299 e. The fraction of sp³-hybridized carbons (Fsp3) is 0.933. The van der Waals surface area contributed by atoms with Gasteiger partial charge in [0.15, 0.2) is 0 Å². The van der Waals surface area contributed by atoms with Crippen LogP contribution < -0.4 is 0 Å². The second-order valence-corrected chi connectivity index (χ2v) is 5.80. The van der Waals surface area contributed by atoms with E-state index in [4.69, 9.17) is 0 Å². The number of Topliss-reactive ketones (excluding diaryl/α,β-unsaturated/α-hetero) is 1. The second-order valence-electron chi connectivity index (χ2n) is 5.80. The molecule has 0 aromatic rings. The SMILES string of the molecule is CCCCCC(=O)[C@@H]1CC[C@H]([C@@H](C)CC(F)F)C1. The minimum absolute atomic E-state index is 0.0125. The number of unbranched alkanes of at least 4 members (excludes halogenated alkanes) is 2. The Bertz CT molecular complexity index is 253. The molecular formula is C15H26F2O. The molecule has 106 valence electrons. The van der Waals surface area contributed by atoms with E-state index in [0.717, 1.165) is 38.5 Å². The normalized spacial score (nSPS) is 25.6. The average Bonchev–Trinajstić information content (AvgIpc) is 2.77. The molecule has 0 radical (unpaired) electrons. The number of hydrogen-bond donors (Lipinski definition) is 0. The summed E-state index contributed by atoms with van der Waals surface area (Å²) in [4.78, 5) is 12.0. The van der Waals surface area contributed by atoms with Crippen molar-refractivity contribution in [3.05, 3.63) is 0 Å². The van der Waals surface area contributed by atoms with Gasteiger partial charge in [0.25, 0.3) is 0 Å². The summed E-state index contributed by atoms with van der Waals surface area (Å²) in [6, 6.07) is 0. The molecule has 0 heterocycles.